The number of ether oxygens (including phenoxy) is 1. The SMILES string of the molecule is COC(=O)CC(NC(=O)[C@@H]1CCCCN1C(=O)c1csc(-c2ccccc2)n1)C(=O)CF. The lowest BCUT2D eigenvalue weighted by molar-refractivity contribution is -0.143. The van der Waals surface area contributed by atoms with Crippen molar-refractivity contribution in [2.45, 2.75) is 37.8 Å². The molecule has 2 atom stereocenters. The van der Waals surface area contributed by atoms with E-state index in [1.165, 1.54) is 16.2 Å². The number of Topliss-reactive ketones (excluding diaryl/α,β-unsaturated/α-hetero) is 1. The number of esters is 1. The smallest absolute Gasteiger partial charge is 0.308 e. The van der Waals surface area contributed by atoms with Gasteiger partial charge in [0.15, 0.2) is 5.78 Å². The lowest BCUT2D eigenvalue weighted by atomic mass is 10.00. The maximum Gasteiger partial charge on any atom is 0.308 e. The van der Waals surface area contributed by atoms with Gasteiger partial charge in [0, 0.05) is 17.5 Å². The summed E-state index contributed by atoms with van der Waals surface area (Å²) in [5.41, 5.74) is 1.12. The summed E-state index contributed by atoms with van der Waals surface area (Å²) >= 11 is 1.33. The van der Waals surface area contributed by atoms with Crippen molar-refractivity contribution in [2.24, 2.45) is 0 Å². The van der Waals surface area contributed by atoms with Gasteiger partial charge >= 0.3 is 5.97 Å². The Labute approximate surface area is 188 Å². The zero-order valence-electron chi connectivity index (χ0n) is 17.6. The third kappa shape index (κ3) is 5.56. The molecule has 1 N–H and O–H groups in total. The molecule has 0 bridgehead atoms. The molecule has 1 aliphatic rings. The topological polar surface area (TPSA) is 106 Å². The van der Waals surface area contributed by atoms with Crippen molar-refractivity contribution in [3.63, 3.8) is 0 Å². The molecule has 1 aromatic heterocycles. The Hall–Kier alpha value is -3.14. The van der Waals surface area contributed by atoms with Gasteiger partial charge in [-0.25, -0.2) is 9.37 Å². The maximum atomic E-state index is 13.1. The second-order valence-electron chi connectivity index (χ2n) is 7.36. The predicted molar refractivity (Wildman–Crippen MR) is 116 cm³/mol. The van der Waals surface area contributed by atoms with E-state index in [0.29, 0.717) is 24.4 Å². The van der Waals surface area contributed by atoms with E-state index in [1.54, 1.807) is 5.38 Å². The highest BCUT2D eigenvalue weighted by Gasteiger charge is 2.36. The van der Waals surface area contributed by atoms with Gasteiger partial charge in [-0.3, -0.25) is 19.2 Å². The molecule has 1 aromatic carbocycles. The fourth-order valence-electron chi connectivity index (χ4n) is 3.54. The molecular weight excluding hydrogens is 437 g/mol. The van der Waals surface area contributed by atoms with Crippen molar-refractivity contribution in [1.82, 2.24) is 15.2 Å². The van der Waals surface area contributed by atoms with Crippen molar-refractivity contribution in [3.05, 3.63) is 41.4 Å². The molecular formula is C22H24FN3O5S. The molecule has 170 valence electrons. The fourth-order valence-corrected chi connectivity index (χ4v) is 4.34. The average Bonchev–Trinajstić information content (AvgIpc) is 3.33. The lowest BCUT2D eigenvalue weighted by Gasteiger charge is -2.35. The molecule has 8 nitrogen and oxygen atoms in total. The molecule has 10 heteroatoms. The highest BCUT2D eigenvalue weighted by atomic mass is 32.1. The summed E-state index contributed by atoms with van der Waals surface area (Å²) in [7, 11) is 1.14. The van der Waals surface area contributed by atoms with Crippen LogP contribution in [0.25, 0.3) is 10.6 Å². The van der Waals surface area contributed by atoms with E-state index in [9.17, 15) is 23.6 Å². The largest absolute Gasteiger partial charge is 0.469 e. The first kappa shape index (κ1) is 23.5. The third-order valence-corrected chi connectivity index (χ3v) is 6.14. The number of nitrogens with zero attached hydrogens (tertiary/aromatic N) is 2. The van der Waals surface area contributed by atoms with E-state index in [1.807, 2.05) is 30.3 Å². The maximum absolute atomic E-state index is 13.1. The van der Waals surface area contributed by atoms with Crippen LogP contribution in [0.1, 0.15) is 36.2 Å². The summed E-state index contributed by atoms with van der Waals surface area (Å²) in [4.78, 5) is 55.4. The van der Waals surface area contributed by atoms with Gasteiger partial charge in [-0.2, -0.15) is 0 Å². The van der Waals surface area contributed by atoms with E-state index >= 15 is 0 Å². The number of rotatable bonds is 8. The van der Waals surface area contributed by atoms with Gasteiger partial charge < -0.3 is 15.0 Å². The Morgan fingerprint density at radius 2 is 2.00 bits per heavy atom. The molecule has 1 aliphatic heterocycles. The number of methoxy groups -OCH3 is 1. The van der Waals surface area contributed by atoms with Crippen LogP contribution in [-0.2, 0) is 19.1 Å². The number of hydrogen-bond donors (Lipinski definition) is 1. The Kier molecular flexibility index (Phi) is 8.04. The first-order valence-electron chi connectivity index (χ1n) is 10.2. The predicted octanol–water partition coefficient (Wildman–Crippen LogP) is 2.39. The molecule has 2 heterocycles. The van der Waals surface area contributed by atoms with Crippen LogP contribution in [0.2, 0.25) is 0 Å². The van der Waals surface area contributed by atoms with Gasteiger partial charge in [0.05, 0.1) is 13.5 Å². The number of aromatic nitrogens is 1. The number of halogens is 1. The van der Waals surface area contributed by atoms with Gasteiger partial charge in [-0.1, -0.05) is 30.3 Å². The van der Waals surface area contributed by atoms with Crippen LogP contribution >= 0.6 is 11.3 Å². The van der Waals surface area contributed by atoms with Gasteiger partial charge in [0.25, 0.3) is 5.91 Å². The van der Waals surface area contributed by atoms with Crippen LogP contribution in [0.5, 0.6) is 0 Å². The quantitative estimate of drug-likeness (QED) is 0.605. The third-order valence-electron chi connectivity index (χ3n) is 5.25. The molecule has 1 unspecified atom stereocenters. The Morgan fingerprint density at radius 3 is 2.69 bits per heavy atom. The first-order chi connectivity index (χ1) is 15.4. The minimum Gasteiger partial charge on any atom is -0.469 e. The van der Waals surface area contributed by atoms with Crippen LogP contribution in [0, 0.1) is 0 Å². The lowest BCUT2D eigenvalue weighted by Crippen LogP contribution is -2.55. The standard InChI is InChI=1S/C22H24FN3O5S/c1-31-19(28)11-15(18(27)12-23)24-20(29)17-9-5-6-10-26(17)22(30)16-13-32-21(25-16)14-7-3-2-4-8-14/h2-4,7-8,13,15,17H,5-6,9-12H2,1H3,(H,24,29)/t15?,17-/m0/s1. The fraction of sp³-hybridized carbons (Fsp3) is 0.409. The van der Waals surface area contributed by atoms with Crippen LogP contribution in [0.15, 0.2) is 35.7 Å². The number of alkyl halides is 1. The molecule has 2 aromatic rings. The molecule has 0 aliphatic carbocycles. The zero-order chi connectivity index (χ0) is 23.1. The monoisotopic (exact) mass is 461 g/mol. The molecule has 0 radical (unpaired) electrons. The van der Waals surface area contributed by atoms with E-state index in [-0.39, 0.29) is 11.6 Å². The Balaban J connectivity index is 1.75. The van der Waals surface area contributed by atoms with Crippen LogP contribution in [-0.4, -0.2) is 65.9 Å². The van der Waals surface area contributed by atoms with E-state index in [4.69, 9.17) is 0 Å². The number of nitrogens with one attached hydrogen (secondary N) is 1. The summed E-state index contributed by atoms with van der Waals surface area (Å²) in [5, 5.41) is 4.78. The molecule has 0 saturated carbocycles. The number of carbonyl (C=O) groups excluding carboxylic acids is 4. The number of hydrogen-bond acceptors (Lipinski definition) is 7. The second-order valence-corrected chi connectivity index (χ2v) is 8.21. The zero-order valence-corrected chi connectivity index (χ0v) is 18.4. The molecule has 2 amide bonds. The number of ketones is 1. The van der Waals surface area contributed by atoms with E-state index in [0.717, 1.165) is 19.1 Å². The summed E-state index contributed by atoms with van der Waals surface area (Å²) < 4.78 is 17.4. The highest BCUT2D eigenvalue weighted by molar-refractivity contribution is 7.13. The average molecular weight is 462 g/mol. The first-order valence-corrected chi connectivity index (χ1v) is 11.1. The van der Waals surface area contributed by atoms with Crippen LogP contribution in [0.4, 0.5) is 4.39 Å². The Bertz CT molecular complexity index is 981. The minimum absolute atomic E-state index is 0.236. The normalized spacial score (nSPS) is 16.8. The summed E-state index contributed by atoms with van der Waals surface area (Å²) in [6, 6.07) is 7.26. The van der Waals surface area contributed by atoms with Crippen molar-refractivity contribution in [3.8, 4) is 10.6 Å². The minimum atomic E-state index is -1.34. The highest BCUT2D eigenvalue weighted by Crippen LogP contribution is 2.26. The van der Waals surface area contributed by atoms with Gasteiger partial charge in [-0.15, -0.1) is 11.3 Å². The number of amides is 2. The van der Waals surface area contributed by atoms with Crippen LogP contribution in [0.3, 0.4) is 0 Å². The van der Waals surface area contributed by atoms with Crippen molar-refractivity contribution < 1.29 is 28.3 Å². The molecule has 32 heavy (non-hydrogen) atoms. The second kappa shape index (κ2) is 10.9. The molecule has 1 fully saturated rings. The number of thiazole rings is 1. The van der Waals surface area contributed by atoms with E-state index in [2.05, 4.69) is 15.0 Å². The van der Waals surface area contributed by atoms with Gasteiger partial charge in [-0.05, 0) is 19.3 Å². The number of carbonyl (C=O) groups is 4. The van der Waals surface area contributed by atoms with Gasteiger partial charge in [0.1, 0.15) is 29.5 Å². The Morgan fingerprint density at radius 1 is 1.25 bits per heavy atom. The molecule has 3 rings (SSSR count). The van der Waals surface area contributed by atoms with Gasteiger partial charge in [0.2, 0.25) is 5.91 Å². The summed E-state index contributed by atoms with van der Waals surface area (Å²) in [6.07, 6.45) is 1.35. The summed E-state index contributed by atoms with van der Waals surface area (Å²) in [6.45, 7) is -0.968. The van der Waals surface area contributed by atoms with Crippen molar-refractivity contribution >= 4 is 34.9 Å². The number of piperidine rings is 1. The van der Waals surface area contributed by atoms with Crippen molar-refractivity contribution in [2.75, 3.05) is 20.3 Å². The summed E-state index contributed by atoms with van der Waals surface area (Å²) in [5.74, 6) is -2.66. The number of likely N-dealkylation sites (tertiary alicyclic amines) is 1. The van der Waals surface area contributed by atoms with Crippen LogP contribution < -0.4 is 5.32 Å². The molecule has 1 saturated heterocycles. The van der Waals surface area contributed by atoms with Crippen molar-refractivity contribution in [1.29, 1.82) is 0 Å². The molecule has 0 spiro atoms. The van der Waals surface area contributed by atoms with E-state index < -0.39 is 42.8 Å². The number of benzene rings is 1.